The Hall–Kier alpha value is -2.27. The fourth-order valence-corrected chi connectivity index (χ4v) is 1.85. The van der Waals surface area contributed by atoms with Gasteiger partial charge in [-0.2, -0.15) is 0 Å². The van der Waals surface area contributed by atoms with E-state index in [0.717, 1.165) is 0 Å². The number of nitrogens with one attached hydrogen (secondary N) is 1. The van der Waals surface area contributed by atoms with Crippen LogP contribution in [-0.4, -0.2) is 18.0 Å². The van der Waals surface area contributed by atoms with Crippen molar-refractivity contribution in [2.45, 2.75) is 19.6 Å². The molecule has 0 aliphatic carbocycles. The van der Waals surface area contributed by atoms with Crippen molar-refractivity contribution in [1.29, 1.82) is 0 Å². The van der Waals surface area contributed by atoms with Crippen LogP contribution in [0.15, 0.2) is 47.1 Å². The van der Waals surface area contributed by atoms with E-state index in [2.05, 4.69) is 5.32 Å². The summed E-state index contributed by atoms with van der Waals surface area (Å²) in [5.74, 6) is -0.430. The molecule has 110 valence electrons. The molecule has 1 amide bonds. The van der Waals surface area contributed by atoms with Gasteiger partial charge in [0, 0.05) is 0 Å². The van der Waals surface area contributed by atoms with Crippen molar-refractivity contribution < 1.29 is 18.7 Å². The van der Waals surface area contributed by atoms with Gasteiger partial charge in [0.05, 0.1) is 23.4 Å². The van der Waals surface area contributed by atoms with E-state index < -0.39 is 18.0 Å². The maximum absolute atomic E-state index is 11.9. The van der Waals surface area contributed by atoms with Gasteiger partial charge in [-0.15, -0.1) is 0 Å². The number of amides is 1. The lowest BCUT2D eigenvalue weighted by molar-refractivity contribution is -0.129. The molecule has 0 saturated carbocycles. The van der Waals surface area contributed by atoms with Crippen LogP contribution in [0.5, 0.6) is 0 Å². The quantitative estimate of drug-likeness (QED) is 0.862. The number of carbonyl (C=O) groups is 2. The van der Waals surface area contributed by atoms with E-state index in [1.165, 1.54) is 19.3 Å². The van der Waals surface area contributed by atoms with Crippen LogP contribution in [0.1, 0.15) is 23.0 Å². The molecular formula is C15H14ClNO4. The number of ether oxygens (including phenoxy) is 1. The van der Waals surface area contributed by atoms with Gasteiger partial charge >= 0.3 is 5.97 Å². The van der Waals surface area contributed by atoms with E-state index in [9.17, 15) is 9.59 Å². The Kier molecular flexibility index (Phi) is 5.00. The summed E-state index contributed by atoms with van der Waals surface area (Å²) in [5.41, 5.74) is 0.227. The highest BCUT2D eigenvalue weighted by molar-refractivity contribution is 6.33. The van der Waals surface area contributed by atoms with Gasteiger partial charge in [0.2, 0.25) is 0 Å². The standard InChI is InChI=1S/C15H14ClNO4/c1-10(14(18)17-9-11-5-4-8-20-11)21-15(19)12-6-2-3-7-13(12)16/h2-8,10H,9H2,1H3,(H,17,18)/t10-/m1/s1. The first kappa shape index (κ1) is 15.1. The first-order valence-corrected chi connectivity index (χ1v) is 6.71. The Labute approximate surface area is 126 Å². The minimum absolute atomic E-state index is 0.227. The molecule has 6 heteroatoms. The molecule has 21 heavy (non-hydrogen) atoms. The molecule has 2 rings (SSSR count). The lowest BCUT2D eigenvalue weighted by Crippen LogP contribution is -2.35. The van der Waals surface area contributed by atoms with Gasteiger partial charge < -0.3 is 14.5 Å². The largest absolute Gasteiger partial charge is 0.467 e. The van der Waals surface area contributed by atoms with Crippen molar-refractivity contribution in [2.24, 2.45) is 0 Å². The fourth-order valence-electron chi connectivity index (χ4n) is 1.64. The summed E-state index contributed by atoms with van der Waals surface area (Å²) in [6, 6.07) is 9.96. The molecule has 1 N–H and O–H groups in total. The van der Waals surface area contributed by atoms with Crippen LogP contribution in [0.25, 0.3) is 0 Å². The molecule has 0 aliphatic heterocycles. The van der Waals surface area contributed by atoms with Gasteiger partial charge in [0.1, 0.15) is 5.76 Å². The first-order valence-electron chi connectivity index (χ1n) is 6.33. The summed E-state index contributed by atoms with van der Waals surface area (Å²) in [4.78, 5) is 23.7. The number of hydrogen-bond donors (Lipinski definition) is 1. The topological polar surface area (TPSA) is 68.5 Å². The van der Waals surface area contributed by atoms with Crippen molar-refractivity contribution in [3.63, 3.8) is 0 Å². The first-order chi connectivity index (χ1) is 10.1. The molecule has 0 bridgehead atoms. The number of hydrogen-bond acceptors (Lipinski definition) is 4. The molecule has 1 aromatic heterocycles. The molecule has 2 aromatic rings. The highest BCUT2D eigenvalue weighted by atomic mass is 35.5. The Morgan fingerprint density at radius 2 is 2.05 bits per heavy atom. The normalized spacial score (nSPS) is 11.7. The fraction of sp³-hybridized carbons (Fsp3) is 0.200. The smallest absolute Gasteiger partial charge is 0.340 e. The van der Waals surface area contributed by atoms with Crippen molar-refractivity contribution in [3.8, 4) is 0 Å². The van der Waals surface area contributed by atoms with Gasteiger partial charge in [-0.3, -0.25) is 4.79 Å². The zero-order valence-corrected chi connectivity index (χ0v) is 12.1. The van der Waals surface area contributed by atoms with Crippen LogP contribution in [0.4, 0.5) is 0 Å². The molecule has 5 nitrogen and oxygen atoms in total. The average molecular weight is 308 g/mol. The maximum atomic E-state index is 11.9. The predicted octanol–water partition coefficient (Wildman–Crippen LogP) is 2.79. The van der Waals surface area contributed by atoms with Gasteiger partial charge in [-0.1, -0.05) is 23.7 Å². The number of furan rings is 1. The van der Waals surface area contributed by atoms with Gasteiger partial charge in [-0.25, -0.2) is 4.79 Å². The molecule has 0 radical (unpaired) electrons. The average Bonchev–Trinajstić information content (AvgIpc) is 2.98. The van der Waals surface area contributed by atoms with E-state index in [1.54, 1.807) is 30.3 Å². The third-order valence-corrected chi connectivity index (χ3v) is 3.09. The minimum atomic E-state index is -0.927. The highest BCUT2D eigenvalue weighted by Crippen LogP contribution is 2.16. The summed E-state index contributed by atoms with van der Waals surface area (Å²) < 4.78 is 10.2. The Bertz CT molecular complexity index is 624. The molecule has 0 spiro atoms. The minimum Gasteiger partial charge on any atom is -0.467 e. The predicted molar refractivity (Wildman–Crippen MR) is 76.9 cm³/mol. The summed E-state index contributed by atoms with van der Waals surface area (Å²) >= 11 is 5.90. The molecule has 0 unspecified atom stereocenters. The van der Waals surface area contributed by atoms with Gasteiger partial charge in [0.15, 0.2) is 6.10 Å². The van der Waals surface area contributed by atoms with Gasteiger partial charge in [0.25, 0.3) is 5.91 Å². The molecule has 1 atom stereocenters. The Morgan fingerprint density at radius 1 is 1.29 bits per heavy atom. The van der Waals surface area contributed by atoms with Crippen LogP contribution in [-0.2, 0) is 16.1 Å². The number of carbonyl (C=O) groups excluding carboxylic acids is 2. The number of benzene rings is 1. The summed E-state index contributed by atoms with van der Waals surface area (Å²) in [6.07, 6.45) is 0.589. The second-order valence-electron chi connectivity index (χ2n) is 4.32. The molecule has 1 heterocycles. The lowest BCUT2D eigenvalue weighted by Gasteiger charge is -2.13. The monoisotopic (exact) mass is 307 g/mol. The van der Waals surface area contributed by atoms with Crippen LogP contribution >= 0.6 is 11.6 Å². The van der Waals surface area contributed by atoms with Crippen LogP contribution in [0.2, 0.25) is 5.02 Å². The van der Waals surface area contributed by atoms with Crippen molar-refractivity contribution in [3.05, 3.63) is 59.0 Å². The van der Waals surface area contributed by atoms with Crippen molar-refractivity contribution in [2.75, 3.05) is 0 Å². The second-order valence-corrected chi connectivity index (χ2v) is 4.73. The molecule has 0 saturated heterocycles. The van der Waals surface area contributed by atoms with E-state index >= 15 is 0 Å². The molecule has 1 aromatic carbocycles. The third-order valence-electron chi connectivity index (χ3n) is 2.76. The van der Waals surface area contributed by atoms with E-state index in [-0.39, 0.29) is 17.1 Å². The summed E-state index contributed by atoms with van der Waals surface area (Å²) in [5, 5.41) is 2.90. The summed E-state index contributed by atoms with van der Waals surface area (Å²) in [6.45, 7) is 1.73. The van der Waals surface area contributed by atoms with Gasteiger partial charge in [-0.05, 0) is 31.2 Å². The summed E-state index contributed by atoms with van der Waals surface area (Å²) in [7, 11) is 0. The zero-order valence-electron chi connectivity index (χ0n) is 11.3. The Morgan fingerprint density at radius 3 is 2.71 bits per heavy atom. The molecular weight excluding hydrogens is 294 g/mol. The van der Waals surface area contributed by atoms with Crippen LogP contribution in [0, 0.1) is 0 Å². The molecule has 0 fully saturated rings. The van der Waals surface area contributed by atoms with E-state index in [1.807, 2.05) is 0 Å². The van der Waals surface area contributed by atoms with Crippen molar-refractivity contribution in [1.82, 2.24) is 5.32 Å². The van der Waals surface area contributed by atoms with Crippen LogP contribution < -0.4 is 5.32 Å². The highest BCUT2D eigenvalue weighted by Gasteiger charge is 2.20. The maximum Gasteiger partial charge on any atom is 0.340 e. The second kappa shape index (κ2) is 6.95. The lowest BCUT2D eigenvalue weighted by atomic mass is 10.2. The van der Waals surface area contributed by atoms with Crippen LogP contribution in [0.3, 0.4) is 0 Å². The molecule has 0 aliphatic rings. The Balaban J connectivity index is 1.88. The SMILES string of the molecule is C[C@@H](OC(=O)c1ccccc1Cl)C(=O)NCc1ccco1. The third kappa shape index (κ3) is 4.10. The number of rotatable bonds is 5. The number of halogens is 1. The zero-order chi connectivity index (χ0) is 15.2. The van der Waals surface area contributed by atoms with E-state index in [4.69, 9.17) is 20.8 Å². The number of esters is 1. The van der Waals surface area contributed by atoms with E-state index in [0.29, 0.717) is 5.76 Å². The van der Waals surface area contributed by atoms with Crippen molar-refractivity contribution >= 4 is 23.5 Å².